The fraction of sp³-hybridized carbons (Fsp3) is 0.667. The molecule has 5 nitrogen and oxygen atoms in total. The lowest BCUT2D eigenvalue weighted by Gasteiger charge is -2.27. The SMILES string of the molecule is COC(=O)c1ncn(CC2(SC)CCCC2)c1N. The van der Waals surface area contributed by atoms with Crippen LogP contribution in [0.15, 0.2) is 6.33 Å². The normalized spacial score (nSPS) is 17.9. The van der Waals surface area contributed by atoms with E-state index in [1.165, 1.54) is 32.8 Å². The fourth-order valence-electron chi connectivity index (χ4n) is 2.53. The van der Waals surface area contributed by atoms with Gasteiger partial charge in [-0.3, -0.25) is 0 Å². The molecule has 6 heteroatoms. The number of hydrogen-bond donors (Lipinski definition) is 1. The van der Waals surface area contributed by atoms with Crippen molar-refractivity contribution in [3.8, 4) is 0 Å². The standard InChI is InChI=1S/C12H19N3O2S/c1-17-11(16)9-10(13)15(8-14-9)7-12(18-2)5-3-4-6-12/h8H,3-7,13H2,1-2H3. The number of nitrogen functional groups attached to an aromatic ring is 1. The first-order valence-corrected chi connectivity index (χ1v) is 7.28. The van der Waals surface area contributed by atoms with Gasteiger partial charge in [-0.15, -0.1) is 0 Å². The van der Waals surface area contributed by atoms with E-state index in [1.54, 1.807) is 6.33 Å². The summed E-state index contributed by atoms with van der Waals surface area (Å²) < 4.78 is 6.76. The summed E-state index contributed by atoms with van der Waals surface area (Å²) in [7, 11) is 1.33. The minimum absolute atomic E-state index is 0.215. The molecule has 1 aliphatic rings. The van der Waals surface area contributed by atoms with Gasteiger partial charge in [0.1, 0.15) is 5.82 Å². The molecule has 0 aliphatic heterocycles. The Morgan fingerprint density at radius 1 is 1.61 bits per heavy atom. The van der Waals surface area contributed by atoms with E-state index >= 15 is 0 Å². The molecule has 0 atom stereocenters. The van der Waals surface area contributed by atoms with Crippen molar-refractivity contribution in [2.75, 3.05) is 19.1 Å². The Hall–Kier alpha value is -1.17. The molecular formula is C12H19N3O2S. The van der Waals surface area contributed by atoms with Crippen molar-refractivity contribution in [3.63, 3.8) is 0 Å². The molecule has 100 valence electrons. The van der Waals surface area contributed by atoms with Crippen LogP contribution in [0.4, 0.5) is 5.82 Å². The number of nitrogens with two attached hydrogens (primary N) is 1. The van der Waals surface area contributed by atoms with E-state index in [4.69, 9.17) is 5.73 Å². The zero-order valence-electron chi connectivity index (χ0n) is 10.8. The predicted molar refractivity (Wildman–Crippen MR) is 72.7 cm³/mol. The number of methoxy groups -OCH3 is 1. The number of carbonyl (C=O) groups excluding carboxylic acids is 1. The van der Waals surface area contributed by atoms with Crippen LogP contribution in [0.5, 0.6) is 0 Å². The van der Waals surface area contributed by atoms with Crippen LogP contribution in [0.1, 0.15) is 36.2 Å². The molecule has 1 aromatic heterocycles. The summed E-state index contributed by atoms with van der Waals surface area (Å²) >= 11 is 1.89. The highest BCUT2D eigenvalue weighted by atomic mass is 32.2. The first kappa shape index (κ1) is 13.3. The Morgan fingerprint density at radius 3 is 2.83 bits per heavy atom. The number of hydrogen-bond acceptors (Lipinski definition) is 5. The molecule has 18 heavy (non-hydrogen) atoms. The molecule has 2 N–H and O–H groups in total. The molecule has 1 fully saturated rings. The number of imidazole rings is 1. The zero-order valence-corrected chi connectivity index (χ0v) is 11.6. The summed E-state index contributed by atoms with van der Waals surface area (Å²) in [6.45, 7) is 0.810. The second kappa shape index (κ2) is 5.22. The third-order valence-corrected chi connectivity index (χ3v) is 5.07. The van der Waals surface area contributed by atoms with Gasteiger partial charge in [-0.05, 0) is 19.1 Å². The van der Waals surface area contributed by atoms with Gasteiger partial charge >= 0.3 is 5.97 Å². The van der Waals surface area contributed by atoms with Crippen LogP contribution in [0.25, 0.3) is 0 Å². The highest BCUT2D eigenvalue weighted by molar-refractivity contribution is 8.00. The monoisotopic (exact) mass is 269 g/mol. The number of rotatable bonds is 4. The first-order valence-electron chi connectivity index (χ1n) is 6.06. The van der Waals surface area contributed by atoms with Gasteiger partial charge in [0.15, 0.2) is 5.69 Å². The highest BCUT2D eigenvalue weighted by Gasteiger charge is 2.34. The van der Waals surface area contributed by atoms with Crippen LogP contribution in [-0.4, -0.2) is 33.6 Å². The Kier molecular flexibility index (Phi) is 3.85. The number of thioether (sulfide) groups is 1. The van der Waals surface area contributed by atoms with Gasteiger partial charge in [-0.25, -0.2) is 9.78 Å². The van der Waals surface area contributed by atoms with Crippen molar-refractivity contribution in [1.29, 1.82) is 0 Å². The topological polar surface area (TPSA) is 70.1 Å². The van der Waals surface area contributed by atoms with Gasteiger partial charge < -0.3 is 15.0 Å². The maximum absolute atomic E-state index is 11.5. The Balaban J connectivity index is 2.19. The van der Waals surface area contributed by atoms with Crippen molar-refractivity contribution >= 4 is 23.5 Å². The molecule has 0 spiro atoms. The molecule has 1 aromatic rings. The van der Waals surface area contributed by atoms with E-state index in [2.05, 4.69) is 16.0 Å². The molecule has 0 radical (unpaired) electrons. The smallest absolute Gasteiger partial charge is 0.360 e. The van der Waals surface area contributed by atoms with Crippen LogP contribution >= 0.6 is 11.8 Å². The highest BCUT2D eigenvalue weighted by Crippen LogP contribution is 2.41. The molecule has 1 heterocycles. The average molecular weight is 269 g/mol. The van der Waals surface area contributed by atoms with Crippen LogP contribution < -0.4 is 5.73 Å². The molecule has 0 unspecified atom stereocenters. The van der Waals surface area contributed by atoms with Crippen LogP contribution in [0, 0.1) is 0 Å². The number of nitrogens with zero attached hydrogens (tertiary/aromatic N) is 2. The number of esters is 1. The molecule has 1 saturated carbocycles. The lowest BCUT2D eigenvalue weighted by atomic mass is 10.1. The lowest BCUT2D eigenvalue weighted by Crippen LogP contribution is -2.27. The molecular weight excluding hydrogens is 250 g/mol. The lowest BCUT2D eigenvalue weighted by molar-refractivity contribution is 0.0596. The van der Waals surface area contributed by atoms with Gasteiger partial charge in [0, 0.05) is 11.3 Å². The van der Waals surface area contributed by atoms with Crippen molar-refractivity contribution in [1.82, 2.24) is 9.55 Å². The third kappa shape index (κ3) is 2.34. The van der Waals surface area contributed by atoms with Crippen molar-refractivity contribution < 1.29 is 9.53 Å². The maximum atomic E-state index is 11.5. The van der Waals surface area contributed by atoms with Gasteiger partial charge in [-0.1, -0.05) is 12.8 Å². The summed E-state index contributed by atoms with van der Waals surface area (Å²) in [6.07, 6.45) is 8.69. The van der Waals surface area contributed by atoms with E-state index in [0.29, 0.717) is 5.82 Å². The van der Waals surface area contributed by atoms with Crippen molar-refractivity contribution in [3.05, 3.63) is 12.0 Å². The number of ether oxygens (including phenoxy) is 1. The van der Waals surface area contributed by atoms with E-state index in [9.17, 15) is 4.79 Å². The molecule has 0 aromatic carbocycles. The minimum atomic E-state index is -0.476. The second-order valence-electron chi connectivity index (χ2n) is 4.69. The molecule has 0 amide bonds. The van der Waals surface area contributed by atoms with Crippen molar-refractivity contribution in [2.45, 2.75) is 37.0 Å². The predicted octanol–water partition coefficient (Wildman–Crippen LogP) is 1.93. The molecule has 2 rings (SSSR count). The van der Waals surface area contributed by atoms with E-state index < -0.39 is 5.97 Å². The van der Waals surface area contributed by atoms with Crippen LogP contribution in [0.3, 0.4) is 0 Å². The summed E-state index contributed by atoms with van der Waals surface area (Å²) in [4.78, 5) is 15.5. The van der Waals surface area contributed by atoms with Gasteiger partial charge in [0.25, 0.3) is 0 Å². The summed E-state index contributed by atoms with van der Waals surface area (Å²) in [5.74, 6) is -0.0713. The second-order valence-corrected chi connectivity index (χ2v) is 5.97. The molecule has 0 bridgehead atoms. The van der Waals surface area contributed by atoms with Crippen LogP contribution in [0.2, 0.25) is 0 Å². The number of aromatic nitrogens is 2. The van der Waals surface area contributed by atoms with Crippen molar-refractivity contribution in [2.24, 2.45) is 0 Å². The zero-order chi connectivity index (χ0) is 13.2. The van der Waals surface area contributed by atoms with Gasteiger partial charge in [-0.2, -0.15) is 11.8 Å². The average Bonchev–Trinajstić information content (AvgIpc) is 2.98. The van der Waals surface area contributed by atoms with E-state index in [0.717, 1.165) is 6.54 Å². The van der Waals surface area contributed by atoms with E-state index in [1.807, 2.05) is 16.3 Å². The largest absolute Gasteiger partial charge is 0.464 e. The Labute approximate surface area is 111 Å². The summed E-state index contributed by atoms with van der Waals surface area (Å²) in [5.41, 5.74) is 6.18. The third-order valence-electron chi connectivity index (χ3n) is 3.66. The quantitative estimate of drug-likeness (QED) is 0.846. The van der Waals surface area contributed by atoms with Gasteiger partial charge in [0.2, 0.25) is 0 Å². The van der Waals surface area contributed by atoms with Gasteiger partial charge in [0.05, 0.1) is 13.4 Å². The first-order chi connectivity index (χ1) is 8.62. The number of carbonyl (C=O) groups is 1. The minimum Gasteiger partial charge on any atom is -0.464 e. The van der Waals surface area contributed by atoms with Crippen LogP contribution in [-0.2, 0) is 11.3 Å². The Bertz CT molecular complexity index is 439. The van der Waals surface area contributed by atoms with E-state index in [-0.39, 0.29) is 10.4 Å². The molecule has 0 saturated heterocycles. The fourth-order valence-corrected chi connectivity index (χ4v) is 3.49. The summed E-state index contributed by atoms with van der Waals surface area (Å²) in [6, 6.07) is 0. The Morgan fingerprint density at radius 2 is 2.28 bits per heavy atom. The molecule has 1 aliphatic carbocycles. The maximum Gasteiger partial charge on any atom is 0.360 e. The summed E-state index contributed by atoms with van der Waals surface area (Å²) in [5, 5.41) is 0. The number of anilines is 1.